The molecule has 0 radical (unpaired) electrons. The van der Waals surface area contributed by atoms with Crippen LogP contribution in [0.25, 0.3) is 0 Å². The van der Waals surface area contributed by atoms with Crippen LogP contribution in [-0.4, -0.2) is 14.8 Å². The summed E-state index contributed by atoms with van der Waals surface area (Å²) in [6, 6.07) is 5.41. The zero-order chi connectivity index (χ0) is 15.4. The van der Waals surface area contributed by atoms with E-state index < -0.39 is 0 Å². The fraction of sp³-hybridized carbons (Fsp3) is 0.500. The van der Waals surface area contributed by atoms with E-state index in [2.05, 4.69) is 29.2 Å². The first-order valence-corrected chi connectivity index (χ1v) is 7.33. The van der Waals surface area contributed by atoms with Crippen molar-refractivity contribution in [3.63, 3.8) is 0 Å². The van der Waals surface area contributed by atoms with E-state index in [1.807, 2.05) is 23.7 Å². The van der Waals surface area contributed by atoms with Crippen LogP contribution in [0.15, 0.2) is 24.5 Å². The van der Waals surface area contributed by atoms with Gasteiger partial charge in [0, 0.05) is 12.6 Å². The molecule has 1 atom stereocenters. The smallest absolute Gasteiger partial charge is 0.140 e. The second-order valence-corrected chi connectivity index (χ2v) is 5.86. The van der Waals surface area contributed by atoms with E-state index in [-0.39, 0.29) is 11.9 Å². The molecule has 1 aromatic carbocycles. The molecule has 1 aromatic heterocycles. The van der Waals surface area contributed by atoms with Crippen LogP contribution in [-0.2, 0) is 13.1 Å². The Morgan fingerprint density at radius 2 is 2.05 bits per heavy atom. The van der Waals surface area contributed by atoms with Crippen molar-refractivity contribution in [3.8, 4) is 0 Å². The molecule has 0 fully saturated rings. The first-order chi connectivity index (χ1) is 9.97. The number of aryl methyl sites for hydroxylation is 1. The van der Waals surface area contributed by atoms with E-state index in [1.165, 1.54) is 0 Å². The van der Waals surface area contributed by atoms with Gasteiger partial charge in [0.25, 0.3) is 0 Å². The predicted octanol–water partition coefficient (Wildman–Crippen LogP) is 3.23. The van der Waals surface area contributed by atoms with Crippen LogP contribution in [0.3, 0.4) is 0 Å². The molecule has 21 heavy (non-hydrogen) atoms. The third-order valence-corrected chi connectivity index (χ3v) is 3.50. The molecule has 0 spiro atoms. The monoisotopic (exact) mass is 290 g/mol. The maximum Gasteiger partial charge on any atom is 0.140 e. The third kappa shape index (κ3) is 4.11. The molecule has 0 aliphatic heterocycles. The lowest BCUT2D eigenvalue weighted by molar-refractivity contribution is 0.449. The second-order valence-electron chi connectivity index (χ2n) is 5.86. The van der Waals surface area contributed by atoms with Gasteiger partial charge in [0.2, 0.25) is 0 Å². The summed E-state index contributed by atoms with van der Waals surface area (Å²) in [5.74, 6) is 1.27. The Bertz CT molecular complexity index is 592. The molecule has 0 saturated carbocycles. The van der Waals surface area contributed by atoms with Gasteiger partial charge in [-0.2, -0.15) is 5.10 Å². The molecular weight excluding hydrogens is 267 g/mol. The molecule has 0 aliphatic rings. The van der Waals surface area contributed by atoms with Crippen LogP contribution in [0.1, 0.15) is 43.8 Å². The Morgan fingerprint density at radius 1 is 1.29 bits per heavy atom. The molecule has 5 heteroatoms. The summed E-state index contributed by atoms with van der Waals surface area (Å²) in [7, 11) is 0. The minimum atomic E-state index is -0.163. The largest absolute Gasteiger partial charge is 0.303 e. The van der Waals surface area contributed by atoms with Crippen LogP contribution in [0, 0.1) is 18.7 Å². The Kier molecular flexibility index (Phi) is 5.07. The van der Waals surface area contributed by atoms with Gasteiger partial charge in [0.1, 0.15) is 18.0 Å². The SMILES string of the molecule is Cc1ccc(C(C)NCc2ncnn2CC(C)C)cc1F. The van der Waals surface area contributed by atoms with Crippen molar-refractivity contribution >= 4 is 0 Å². The van der Waals surface area contributed by atoms with E-state index in [0.29, 0.717) is 18.0 Å². The van der Waals surface area contributed by atoms with E-state index in [9.17, 15) is 4.39 Å². The van der Waals surface area contributed by atoms with Crippen molar-refractivity contribution < 1.29 is 4.39 Å². The van der Waals surface area contributed by atoms with Crippen LogP contribution < -0.4 is 5.32 Å². The normalized spacial score (nSPS) is 12.9. The number of nitrogens with zero attached hydrogens (tertiary/aromatic N) is 3. The Hall–Kier alpha value is -1.75. The summed E-state index contributed by atoms with van der Waals surface area (Å²) < 4.78 is 15.5. The quantitative estimate of drug-likeness (QED) is 0.888. The van der Waals surface area contributed by atoms with Gasteiger partial charge in [-0.25, -0.2) is 14.1 Å². The van der Waals surface area contributed by atoms with Crippen molar-refractivity contribution in [1.82, 2.24) is 20.1 Å². The van der Waals surface area contributed by atoms with Gasteiger partial charge in [0.05, 0.1) is 6.54 Å². The minimum Gasteiger partial charge on any atom is -0.303 e. The highest BCUT2D eigenvalue weighted by Gasteiger charge is 2.10. The zero-order valence-corrected chi connectivity index (χ0v) is 13.1. The lowest BCUT2D eigenvalue weighted by atomic mass is 10.1. The number of rotatable bonds is 6. The molecule has 4 nitrogen and oxygen atoms in total. The molecule has 1 N–H and O–H groups in total. The van der Waals surface area contributed by atoms with Crippen LogP contribution >= 0.6 is 0 Å². The van der Waals surface area contributed by atoms with Crippen molar-refractivity contribution in [1.29, 1.82) is 0 Å². The van der Waals surface area contributed by atoms with E-state index >= 15 is 0 Å². The molecule has 0 bridgehead atoms. The first-order valence-electron chi connectivity index (χ1n) is 7.33. The van der Waals surface area contributed by atoms with E-state index in [4.69, 9.17) is 0 Å². The maximum absolute atomic E-state index is 13.6. The lowest BCUT2D eigenvalue weighted by Gasteiger charge is -2.15. The molecule has 0 saturated heterocycles. The van der Waals surface area contributed by atoms with Crippen molar-refractivity contribution in [2.75, 3.05) is 0 Å². The summed E-state index contributed by atoms with van der Waals surface area (Å²) in [6.45, 7) is 9.56. The number of aromatic nitrogens is 3. The highest BCUT2D eigenvalue weighted by molar-refractivity contribution is 5.25. The van der Waals surface area contributed by atoms with Gasteiger partial charge < -0.3 is 5.32 Å². The van der Waals surface area contributed by atoms with Crippen molar-refractivity contribution in [3.05, 3.63) is 47.3 Å². The van der Waals surface area contributed by atoms with E-state index in [0.717, 1.165) is 17.9 Å². The number of hydrogen-bond donors (Lipinski definition) is 1. The highest BCUT2D eigenvalue weighted by atomic mass is 19.1. The average Bonchev–Trinajstić information content (AvgIpc) is 2.85. The van der Waals surface area contributed by atoms with Crippen LogP contribution in [0.5, 0.6) is 0 Å². The van der Waals surface area contributed by atoms with Crippen molar-refractivity contribution in [2.24, 2.45) is 5.92 Å². The maximum atomic E-state index is 13.6. The molecule has 0 amide bonds. The van der Waals surface area contributed by atoms with Gasteiger partial charge in [-0.05, 0) is 37.0 Å². The lowest BCUT2D eigenvalue weighted by Crippen LogP contribution is -2.22. The Balaban J connectivity index is 1.99. The minimum absolute atomic E-state index is 0.0595. The Morgan fingerprint density at radius 3 is 2.71 bits per heavy atom. The van der Waals surface area contributed by atoms with E-state index in [1.54, 1.807) is 19.3 Å². The number of hydrogen-bond acceptors (Lipinski definition) is 3. The summed E-state index contributed by atoms with van der Waals surface area (Å²) in [6.07, 6.45) is 1.58. The fourth-order valence-corrected chi connectivity index (χ4v) is 2.16. The predicted molar refractivity (Wildman–Crippen MR) is 81.3 cm³/mol. The molecule has 2 rings (SSSR count). The topological polar surface area (TPSA) is 42.7 Å². The molecule has 1 unspecified atom stereocenters. The summed E-state index contributed by atoms with van der Waals surface area (Å²) >= 11 is 0. The third-order valence-electron chi connectivity index (χ3n) is 3.50. The number of nitrogens with one attached hydrogen (secondary N) is 1. The summed E-state index contributed by atoms with van der Waals surface area (Å²) in [5, 5.41) is 7.61. The van der Waals surface area contributed by atoms with Crippen LogP contribution in [0.4, 0.5) is 4.39 Å². The van der Waals surface area contributed by atoms with Gasteiger partial charge in [-0.15, -0.1) is 0 Å². The molecule has 1 heterocycles. The zero-order valence-electron chi connectivity index (χ0n) is 13.1. The molecule has 2 aromatic rings. The first kappa shape index (κ1) is 15.6. The average molecular weight is 290 g/mol. The standard InChI is InChI=1S/C16H23FN4/c1-11(2)9-21-16(19-10-20-21)8-18-13(4)14-6-5-12(3)15(17)7-14/h5-7,10-11,13,18H,8-9H2,1-4H3. The van der Waals surface area contributed by atoms with Gasteiger partial charge >= 0.3 is 0 Å². The summed E-state index contributed by atoms with van der Waals surface area (Å²) in [5.41, 5.74) is 1.61. The van der Waals surface area contributed by atoms with Gasteiger partial charge in [0.15, 0.2) is 0 Å². The van der Waals surface area contributed by atoms with Crippen LogP contribution in [0.2, 0.25) is 0 Å². The molecule has 0 aliphatic carbocycles. The number of benzene rings is 1. The Labute approximate surface area is 125 Å². The summed E-state index contributed by atoms with van der Waals surface area (Å²) in [4.78, 5) is 4.28. The fourth-order valence-electron chi connectivity index (χ4n) is 2.16. The molecular formula is C16H23FN4. The van der Waals surface area contributed by atoms with Gasteiger partial charge in [-0.3, -0.25) is 0 Å². The van der Waals surface area contributed by atoms with Gasteiger partial charge in [-0.1, -0.05) is 26.0 Å². The van der Waals surface area contributed by atoms with Crippen molar-refractivity contribution in [2.45, 2.75) is 46.8 Å². The number of halogens is 1. The highest BCUT2D eigenvalue weighted by Crippen LogP contribution is 2.16. The second kappa shape index (κ2) is 6.80. The molecule has 114 valence electrons.